The first-order chi connectivity index (χ1) is 16.2. The summed E-state index contributed by atoms with van der Waals surface area (Å²) in [7, 11) is 0. The highest BCUT2D eigenvalue weighted by Crippen LogP contribution is 2.34. The van der Waals surface area contributed by atoms with Crippen molar-refractivity contribution in [1.82, 2.24) is 19.5 Å². The van der Waals surface area contributed by atoms with Gasteiger partial charge in [0.15, 0.2) is 0 Å². The van der Waals surface area contributed by atoms with E-state index >= 15 is 0 Å². The lowest BCUT2D eigenvalue weighted by atomic mass is 9.93. The lowest BCUT2D eigenvalue weighted by Gasteiger charge is -2.31. The van der Waals surface area contributed by atoms with Crippen molar-refractivity contribution >= 4 is 22.7 Å². The Morgan fingerprint density at radius 1 is 1.18 bits per heavy atom. The molecular formula is C24H29N5O4. The molecule has 0 radical (unpaired) electrons. The minimum Gasteiger partial charge on any atom is -0.474 e. The van der Waals surface area contributed by atoms with Gasteiger partial charge in [0.1, 0.15) is 11.9 Å². The molecule has 0 atom stereocenters. The number of nitrogens with zero attached hydrogens (tertiary/aromatic N) is 5. The first kappa shape index (κ1) is 21.6. The van der Waals surface area contributed by atoms with Gasteiger partial charge >= 0.3 is 5.97 Å². The number of esters is 1. The number of carbonyl (C=O) groups is 1. The van der Waals surface area contributed by atoms with E-state index in [2.05, 4.69) is 19.4 Å². The number of anilines is 1. The summed E-state index contributed by atoms with van der Waals surface area (Å²) in [5.74, 6) is 0.957. The third-order valence-corrected chi connectivity index (χ3v) is 6.35. The molecule has 9 nitrogen and oxygen atoms in total. The van der Waals surface area contributed by atoms with Crippen molar-refractivity contribution in [2.24, 2.45) is 0 Å². The van der Waals surface area contributed by atoms with Gasteiger partial charge in [0, 0.05) is 43.8 Å². The Labute approximate surface area is 192 Å². The van der Waals surface area contributed by atoms with Gasteiger partial charge in [-0.15, -0.1) is 0 Å². The van der Waals surface area contributed by atoms with Crippen LogP contribution >= 0.6 is 0 Å². The van der Waals surface area contributed by atoms with Gasteiger partial charge in [-0.25, -0.2) is 9.78 Å². The van der Waals surface area contributed by atoms with Gasteiger partial charge in [0.25, 0.3) is 0 Å². The predicted octanol–water partition coefficient (Wildman–Crippen LogP) is 3.40. The maximum Gasteiger partial charge on any atom is 0.339 e. The molecule has 33 heavy (non-hydrogen) atoms. The highest BCUT2D eigenvalue weighted by molar-refractivity contribution is 5.95. The average molecular weight is 452 g/mol. The number of carbonyl (C=O) groups excluding carboxylic acids is 1. The number of imidazole rings is 1. The first-order valence-electron chi connectivity index (χ1n) is 11.7. The van der Waals surface area contributed by atoms with Gasteiger partial charge in [-0.3, -0.25) is 4.98 Å². The van der Waals surface area contributed by atoms with Crippen LogP contribution in [0.1, 0.15) is 49.0 Å². The molecule has 9 heteroatoms. The lowest BCUT2D eigenvalue weighted by molar-refractivity contribution is 0.0526. The van der Waals surface area contributed by atoms with E-state index in [0.717, 1.165) is 55.5 Å². The summed E-state index contributed by atoms with van der Waals surface area (Å²) in [6.45, 7) is 4.99. The Hall–Kier alpha value is -3.20. The summed E-state index contributed by atoms with van der Waals surface area (Å²) in [5.41, 5.74) is 1.15. The second-order valence-electron chi connectivity index (χ2n) is 8.45. The van der Waals surface area contributed by atoms with Crippen LogP contribution in [0.3, 0.4) is 0 Å². The fraction of sp³-hybridized carbons (Fsp3) is 0.500. The molecule has 1 aliphatic heterocycles. The smallest absolute Gasteiger partial charge is 0.339 e. The normalized spacial score (nSPS) is 21.2. The number of aromatic nitrogens is 4. The molecule has 0 N–H and O–H groups in total. The van der Waals surface area contributed by atoms with Gasteiger partial charge in [0.05, 0.1) is 42.6 Å². The van der Waals surface area contributed by atoms with E-state index in [1.807, 2.05) is 24.8 Å². The van der Waals surface area contributed by atoms with Crippen molar-refractivity contribution in [1.29, 1.82) is 0 Å². The largest absolute Gasteiger partial charge is 0.474 e. The minimum atomic E-state index is -0.393. The molecule has 0 unspecified atom stereocenters. The number of pyridine rings is 2. The molecule has 2 aliphatic rings. The number of ether oxygens (including phenoxy) is 3. The van der Waals surface area contributed by atoms with Gasteiger partial charge in [-0.2, -0.15) is 4.98 Å². The summed E-state index contributed by atoms with van der Waals surface area (Å²) in [6, 6.07) is 4.19. The van der Waals surface area contributed by atoms with Crippen LogP contribution in [-0.4, -0.2) is 64.5 Å². The summed E-state index contributed by atoms with van der Waals surface area (Å²) in [5, 5.41) is 0.731. The van der Waals surface area contributed by atoms with E-state index in [1.165, 1.54) is 0 Å². The Kier molecular flexibility index (Phi) is 6.39. The SMILES string of the molecule is CCOC(=O)c1cnc2cc(N3CCOCC3)nc(O[C@H]3CC[C@@H](n4ccnc4)CC3)c2c1. The zero-order valence-corrected chi connectivity index (χ0v) is 18.9. The standard InChI is InChI=1S/C24H29N5O4/c1-2-32-24(30)17-13-20-21(26-15-17)14-22(28-9-11-31-12-10-28)27-23(20)33-19-5-3-18(4-6-19)29-8-7-25-16-29/h7-8,13-16,18-19H,2-6,9-12H2,1H3/t18-,19+. The topological polar surface area (TPSA) is 91.6 Å². The molecule has 4 heterocycles. The molecule has 3 aromatic heterocycles. The van der Waals surface area contributed by atoms with Crippen LogP contribution in [0, 0.1) is 0 Å². The van der Waals surface area contributed by atoms with Crippen molar-refractivity contribution in [2.75, 3.05) is 37.8 Å². The maximum absolute atomic E-state index is 12.3. The van der Waals surface area contributed by atoms with E-state index in [4.69, 9.17) is 19.2 Å². The predicted molar refractivity (Wildman–Crippen MR) is 123 cm³/mol. The zero-order valence-electron chi connectivity index (χ0n) is 18.9. The van der Waals surface area contributed by atoms with Crippen molar-refractivity contribution in [3.8, 4) is 5.88 Å². The van der Waals surface area contributed by atoms with Crippen molar-refractivity contribution in [2.45, 2.75) is 44.8 Å². The monoisotopic (exact) mass is 451 g/mol. The lowest BCUT2D eigenvalue weighted by Crippen LogP contribution is -2.36. The molecule has 3 aromatic rings. The highest BCUT2D eigenvalue weighted by atomic mass is 16.5. The average Bonchev–Trinajstić information content (AvgIpc) is 3.40. The van der Waals surface area contributed by atoms with Crippen LogP contribution in [0.25, 0.3) is 10.9 Å². The fourth-order valence-corrected chi connectivity index (χ4v) is 4.56. The Morgan fingerprint density at radius 2 is 2.00 bits per heavy atom. The molecular weight excluding hydrogens is 422 g/mol. The summed E-state index contributed by atoms with van der Waals surface area (Å²) in [6.07, 6.45) is 11.3. The Bertz CT molecular complexity index is 1090. The second-order valence-corrected chi connectivity index (χ2v) is 8.45. The molecule has 0 amide bonds. The summed E-state index contributed by atoms with van der Waals surface area (Å²) < 4.78 is 19.3. The molecule has 2 fully saturated rings. The first-order valence-corrected chi connectivity index (χ1v) is 11.7. The number of rotatable bonds is 6. The van der Waals surface area contributed by atoms with Crippen molar-refractivity contribution in [3.05, 3.63) is 42.6 Å². The third kappa shape index (κ3) is 4.78. The molecule has 5 rings (SSSR count). The third-order valence-electron chi connectivity index (χ3n) is 6.35. The summed E-state index contributed by atoms with van der Waals surface area (Å²) in [4.78, 5) is 28.1. The maximum atomic E-state index is 12.3. The molecule has 174 valence electrons. The number of morpholine rings is 1. The molecule has 1 saturated heterocycles. The van der Waals surface area contributed by atoms with Crippen LogP contribution in [0.2, 0.25) is 0 Å². The summed E-state index contributed by atoms with van der Waals surface area (Å²) >= 11 is 0. The van der Waals surface area contributed by atoms with Crippen LogP contribution in [-0.2, 0) is 9.47 Å². The number of hydrogen-bond donors (Lipinski definition) is 0. The van der Waals surface area contributed by atoms with Crippen LogP contribution in [0.4, 0.5) is 5.82 Å². The minimum absolute atomic E-state index is 0.0617. The van der Waals surface area contributed by atoms with Gasteiger partial charge in [0.2, 0.25) is 5.88 Å². The van der Waals surface area contributed by atoms with Gasteiger partial charge < -0.3 is 23.7 Å². The van der Waals surface area contributed by atoms with E-state index in [-0.39, 0.29) is 6.10 Å². The van der Waals surface area contributed by atoms with Crippen LogP contribution < -0.4 is 9.64 Å². The Morgan fingerprint density at radius 3 is 2.73 bits per heavy atom. The molecule has 0 spiro atoms. The van der Waals surface area contributed by atoms with E-state index in [1.54, 1.807) is 19.2 Å². The molecule has 0 aromatic carbocycles. The zero-order chi connectivity index (χ0) is 22.6. The highest BCUT2D eigenvalue weighted by Gasteiger charge is 2.25. The molecule has 1 saturated carbocycles. The van der Waals surface area contributed by atoms with Crippen molar-refractivity contribution < 1.29 is 19.0 Å². The second kappa shape index (κ2) is 9.74. The molecule has 0 bridgehead atoms. The van der Waals surface area contributed by atoms with Gasteiger partial charge in [-0.1, -0.05) is 0 Å². The number of fused-ring (bicyclic) bond motifs is 1. The molecule has 1 aliphatic carbocycles. The van der Waals surface area contributed by atoms with E-state index < -0.39 is 5.97 Å². The number of hydrogen-bond acceptors (Lipinski definition) is 8. The van der Waals surface area contributed by atoms with Crippen LogP contribution in [0.5, 0.6) is 5.88 Å². The van der Waals surface area contributed by atoms with E-state index in [9.17, 15) is 4.79 Å². The van der Waals surface area contributed by atoms with Crippen LogP contribution in [0.15, 0.2) is 37.1 Å². The fourth-order valence-electron chi connectivity index (χ4n) is 4.56. The van der Waals surface area contributed by atoms with Crippen molar-refractivity contribution in [3.63, 3.8) is 0 Å². The van der Waals surface area contributed by atoms with Gasteiger partial charge in [-0.05, 0) is 38.7 Å². The quantitative estimate of drug-likeness (QED) is 0.527. The Balaban J connectivity index is 1.42. The van der Waals surface area contributed by atoms with E-state index in [0.29, 0.717) is 37.3 Å².